The van der Waals surface area contributed by atoms with Crippen molar-refractivity contribution in [2.75, 3.05) is 39.2 Å². The van der Waals surface area contributed by atoms with E-state index in [9.17, 15) is 13.2 Å². The molecule has 0 spiro atoms. The Morgan fingerprint density at radius 3 is 2.70 bits per heavy atom. The molecule has 0 amide bonds. The minimum atomic E-state index is -3.80. The summed E-state index contributed by atoms with van der Waals surface area (Å²) in [5.74, 6) is 0.383. The molecule has 11 heteroatoms. The van der Waals surface area contributed by atoms with E-state index >= 15 is 0 Å². The summed E-state index contributed by atoms with van der Waals surface area (Å²) in [6, 6.07) is 4.90. The molecule has 146 valence electrons. The van der Waals surface area contributed by atoms with Crippen LogP contribution in [0.2, 0.25) is 0 Å². The van der Waals surface area contributed by atoms with Crippen LogP contribution in [0.25, 0.3) is 0 Å². The first-order valence-corrected chi connectivity index (χ1v) is 10.5. The summed E-state index contributed by atoms with van der Waals surface area (Å²) in [5.41, 5.74) is 0. The first-order chi connectivity index (χ1) is 12.8. The van der Waals surface area contributed by atoms with E-state index < -0.39 is 16.0 Å². The van der Waals surface area contributed by atoms with Gasteiger partial charge in [-0.1, -0.05) is 0 Å². The van der Waals surface area contributed by atoms with Crippen LogP contribution in [-0.2, 0) is 14.8 Å². The van der Waals surface area contributed by atoms with Crippen LogP contribution in [0.1, 0.15) is 16.1 Å². The highest BCUT2D eigenvalue weighted by atomic mass is 32.2. The van der Waals surface area contributed by atoms with Gasteiger partial charge in [0.1, 0.15) is 15.9 Å². The number of hydrogen-bond acceptors (Lipinski definition) is 9. The number of sulfonamides is 1. The molecule has 1 unspecified atom stereocenters. The fraction of sp³-hybridized carbons (Fsp3) is 0.438. The molecule has 3 heterocycles. The molecule has 1 fully saturated rings. The SMILES string of the molecule is COC(=O)c1sccc1S(=O)(=O)N1CCC(Oc2ccc(N(C)C)nn2)C1. The average Bonchev–Trinajstić information content (AvgIpc) is 3.31. The third-order valence-corrected chi connectivity index (χ3v) is 7.03. The van der Waals surface area contributed by atoms with Crippen molar-refractivity contribution < 1.29 is 22.7 Å². The number of aromatic nitrogens is 2. The average molecular weight is 412 g/mol. The summed E-state index contributed by atoms with van der Waals surface area (Å²) in [5, 5.41) is 9.61. The second kappa shape index (κ2) is 7.79. The second-order valence-electron chi connectivity index (χ2n) is 6.12. The normalized spacial score (nSPS) is 17.7. The number of methoxy groups -OCH3 is 1. The Kier molecular flexibility index (Phi) is 5.63. The highest BCUT2D eigenvalue weighted by molar-refractivity contribution is 7.89. The monoisotopic (exact) mass is 412 g/mol. The summed E-state index contributed by atoms with van der Waals surface area (Å²) in [6.45, 7) is 0.475. The van der Waals surface area contributed by atoms with Crippen molar-refractivity contribution in [2.24, 2.45) is 0 Å². The summed E-state index contributed by atoms with van der Waals surface area (Å²) in [7, 11) is 1.14. The number of esters is 1. The highest BCUT2D eigenvalue weighted by Gasteiger charge is 2.36. The van der Waals surface area contributed by atoms with Gasteiger partial charge in [0.05, 0.1) is 13.7 Å². The van der Waals surface area contributed by atoms with Crippen LogP contribution in [-0.4, -0.2) is 69.3 Å². The fourth-order valence-corrected chi connectivity index (χ4v) is 5.47. The van der Waals surface area contributed by atoms with Gasteiger partial charge in [0.25, 0.3) is 0 Å². The maximum absolute atomic E-state index is 12.9. The van der Waals surface area contributed by atoms with E-state index in [-0.39, 0.29) is 22.4 Å². The lowest BCUT2D eigenvalue weighted by atomic mass is 10.3. The topological polar surface area (TPSA) is 102 Å². The van der Waals surface area contributed by atoms with E-state index in [1.165, 1.54) is 17.5 Å². The van der Waals surface area contributed by atoms with Crippen molar-refractivity contribution in [3.63, 3.8) is 0 Å². The molecule has 0 N–H and O–H groups in total. The van der Waals surface area contributed by atoms with Gasteiger partial charge in [0, 0.05) is 26.7 Å². The first kappa shape index (κ1) is 19.5. The number of carbonyl (C=O) groups excluding carboxylic acids is 1. The second-order valence-corrected chi connectivity index (χ2v) is 8.94. The minimum Gasteiger partial charge on any atom is -0.472 e. The van der Waals surface area contributed by atoms with Gasteiger partial charge in [0.15, 0.2) is 5.82 Å². The number of rotatable bonds is 6. The van der Waals surface area contributed by atoms with Crippen molar-refractivity contribution in [2.45, 2.75) is 17.4 Å². The lowest BCUT2D eigenvalue weighted by Crippen LogP contribution is -2.31. The van der Waals surface area contributed by atoms with Crippen LogP contribution in [0.3, 0.4) is 0 Å². The summed E-state index contributed by atoms with van der Waals surface area (Å²) in [6.07, 6.45) is 0.188. The van der Waals surface area contributed by atoms with Gasteiger partial charge >= 0.3 is 5.97 Å². The Hall–Kier alpha value is -2.24. The minimum absolute atomic E-state index is 0.0323. The van der Waals surface area contributed by atoms with Gasteiger partial charge in [-0.2, -0.15) is 4.31 Å². The van der Waals surface area contributed by atoms with Crippen LogP contribution in [0.15, 0.2) is 28.5 Å². The molecule has 1 atom stereocenters. The number of anilines is 1. The zero-order valence-corrected chi connectivity index (χ0v) is 16.8. The lowest BCUT2D eigenvalue weighted by molar-refractivity contribution is 0.0602. The van der Waals surface area contributed by atoms with Crippen LogP contribution in [0.4, 0.5) is 5.82 Å². The molecule has 1 aliphatic heterocycles. The maximum Gasteiger partial charge on any atom is 0.349 e. The van der Waals surface area contributed by atoms with Crippen LogP contribution >= 0.6 is 11.3 Å². The summed E-state index contributed by atoms with van der Waals surface area (Å²) in [4.78, 5) is 13.7. The smallest absolute Gasteiger partial charge is 0.349 e. The standard InChI is InChI=1S/C16H20N4O5S2/c1-19(2)13-4-5-14(18-17-13)25-11-6-8-20(10-11)27(22,23)12-7-9-26-15(12)16(21)24-3/h4-5,7,9,11H,6,8,10H2,1-3H3. The zero-order chi connectivity index (χ0) is 19.6. The van der Waals surface area contributed by atoms with Crippen LogP contribution < -0.4 is 9.64 Å². The van der Waals surface area contributed by atoms with E-state index in [0.717, 1.165) is 11.3 Å². The molecular formula is C16H20N4O5S2. The van der Waals surface area contributed by atoms with E-state index in [0.29, 0.717) is 24.7 Å². The Morgan fingerprint density at radius 2 is 2.07 bits per heavy atom. The van der Waals surface area contributed by atoms with Gasteiger partial charge in [-0.15, -0.1) is 21.5 Å². The molecule has 0 radical (unpaired) electrons. The van der Waals surface area contributed by atoms with E-state index in [1.54, 1.807) is 17.5 Å². The molecule has 0 bridgehead atoms. The molecule has 27 heavy (non-hydrogen) atoms. The predicted octanol–water partition coefficient (Wildman–Crippen LogP) is 1.23. The van der Waals surface area contributed by atoms with Crippen molar-refractivity contribution in [3.05, 3.63) is 28.5 Å². The molecule has 0 saturated carbocycles. The predicted molar refractivity (Wildman–Crippen MR) is 99.8 cm³/mol. The Labute approximate surface area is 161 Å². The highest BCUT2D eigenvalue weighted by Crippen LogP contribution is 2.29. The Morgan fingerprint density at radius 1 is 1.30 bits per heavy atom. The van der Waals surface area contributed by atoms with E-state index in [1.807, 2.05) is 19.0 Å². The van der Waals surface area contributed by atoms with Crippen LogP contribution in [0, 0.1) is 0 Å². The van der Waals surface area contributed by atoms with Gasteiger partial charge < -0.3 is 14.4 Å². The van der Waals surface area contributed by atoms with Crippen molar-refractivity contribution in [1.29, 1.82) is 0 Å². The van der Waals surface area contributed by atoms with E-state index in [4.69, 9.17) is 4.74 Å². The third-order valence-electron chi connectivity index (χ3n) is 4.10. The number of carbonyl (C=O) groups is 1. The number of nitrogens with zero attached hydrogens (tertiary/aromatic N) is 4. The first-order valence-electron chi connectivity index (χ1n) is 8.16. The van der Waals surface area contributed by atoms with Crippen molar-refractivity contribution in [1.82, 2.24) is 14.5 Å². The molecule has 3 rings (SSSR count). The van der Waals surface area contributed by atoms with Gasteiger partial charge in [-0.05, 0) is 23.9 Å². The molecular weight excluding hydrogens is 392 g/mol. The van der Waals surface area contributed by atoms with Gasteiger partial charge in [-0.3, -0.25) is 0 Å². The summed E-state index contributed by atoms with van der Waals surface area (Å²) < 4.78 is 37.5. The van der Waals surface area contributed by atoms with Crippen molar-refractivity contribution in [3.8, 4) is 5.88 Å². The molecule has 0 aliphatic carbocycles. The zero-order valence-electron chi connectivity index (χ0n) is 15.2. The quantitative estimate of drug-likeness (QED) is 0.653. The third kappa shape index (κ3) is 4.04. The lowest BCUT2D eigenvalue weighted by Gasteiger charge is -2.17. The molecule has 1 aliphatic rings. The number of hydrogen-bond donors (Lipinski definition) is 0. The Balaban J connectivity index is 1.70. The van der Waals surface area contributed by atoms with Gasteiger partial charge in [-0.25, -0.2) is 13.2 Å². The fourth-order valence-electron chi connectivity index (χ4n) is 2.68. The van der Waals surface area contributed by atoms with E-state index in [2.05, 4.69) is 14.9 Å². The molecule has 2 aromatic rings. The maximum atomic E-state index is 12.9. The molecule has 2 aromatic heterocycles. The van der Waals surface area contributed by atoms with Gasteiger partial charge in [0.2, 0.25) is 15.9 Å². The molecule has 0 aromatic carbocycles. The summed E-state index contributed by atoms with van der Waals surface area (Å²) >= 11 is 1.04. The van der Waals surface area contributed by atoms with Crippen molar-refractivity contribution >= 4 is 33.1 Å². The number of ether oxygens (including phenoxy) is 2. The number of thiophene rings is 1. The van der Waals surface area contributed by atoms with Crippen LogP contribution in [0.5, 0.6) is 5.88 Å². The Bertz CT molecular complexity index is 911. The molecule has 1 saturated heterocycles. The molecule has 9 nitrogen and oxygen atoms in total. The largest absolute Gasteiger partial charge is 0.472 e.